The van der Waals surface area contributed by atoms with Crippen LogP contribution in [-0.4, -0.2) is 162 Å². The van der Waals surface area contributed by atoms with Crippen molar-refractivity contribution in [1.82, 2.24) is 25.3 Å². The maximum absolute atomic E-state index is 14.3. The van der Waals surface area contributed by atoms with E-state index in [-0.39, 0.29) is 135 Å². The molecular weight excluding hydrogens is 1150 g/mol. The minimum absolute atomic E-state index is 0.0420. The molecule has 3 fully saturated rings. The number of anilines is 1. The number of thiol groups is 1. The van der Waals surface area contributed by atoms with E-state index in [0.29, 0.717) is 104 Å². The monoisotopic (exact) mass is 1230 g/mol. The summed E-state index contributed by atoms with van der Waals surface area (Å²) < 4.78 is 29.5. The van der Waals surface area contributed by atoms with Crippen molar-refractivity contribution in [2.75, 3.05) is 58.5 Å². The Morgan fingerprint density at radius 2 is 1.42 bits per heavy atom. The lowest BCUT2D eigenvalue weighted by Gasteiger charge is -2.31. The third-order valence-corrected chi connectivity index (χ3v) is 16.9. The van der Waals surface area contributed by atoms with E-state index in [9.17, 15) is 48.3 Å². The summed E-state index contributed by atoms with van der Waals surface area (Å²) in [6.07, 6.45) is 4.38. The van der Waals surface area contributed by atoms with Gasteiger partial charge in [0.25, 0.3) is 11.8 Å². The van der Waals surface area contributed by atoms with Crippen LogP contribution in [0.5, 0.6) is 23.0 Å². The van der Waals surface area contributed by atoms with Gasteiger partial charge in [-0.1, -0.05) is 68.8 Å². The Balaban J connectivity index is 0.861. The van der Waals surface area contributed by atoms with E-state index in [1.807, 2.05) is 13.8 Å². The highest BCUT2D eigenvalue weighted by molar-refractivity contribution is 7.81. The van der Waals surface area contributed by atoms with Gasteiger partial charge in [-0.15, -0.1) is 0 Å². The molecule has 5 aliphatic heterocycles. The van der Waals surface area contributed by atoms with Gasteiger partial charge in [0.2, 0.25) is 17.7 Å². The van der Waals surface area contributed by atoms with Gasteiger partial charge >= 0.3 is 12.1 Å². The zero-order valence-corrected chi connectivity index (χ0v) is 51.3. The number of urea groups is 1. The topological polar surface area (TPSA) is 295 Å². The molecule has 24 heteroatoms. The van der Waals surface area contributed by atoms with Gasteiger partial charge in [-0.05, 0) is 87.0 Å². The minimum atomic E-state index is -1.54. The molecule has 23 nitrogen and oxygen atoms in total. The van der Waals surface area contributed by atoms with E-state index >= 15 is 0 Å². The molecule has 0 radical (unpaired) electrons. The van der Waals surface area contributed by atoms with Gasteiger partial charge in [0.1, 0.15) is 12.4 Å². The molecule has 8 amide bonds. The molecule has 0 bridgehead atoms. The van der Waals surface area contributed by atoms with Gasteiger partial charge in [-0.2, -0.15) is 12.6 Å². The van der Waals surface area contributed by atoms with Crippen LogP contribution in [0.2, 0.25) is 0 Å². The number of fused-ring (bicyclic) bond motifs is 4. The van der Waals surface area contributed by atoms with Gasteiger partial charge in [-0.3, -0.25) is 43.5 Å². The Kier molecular flexibility index (Phi) is 22.5. The second-order valence-corrected chi connectivity index (χ2v) is 23.9. The van der Waals surface area contributed by atoms with Gasteiger partial charge in [0.15, 0.2) is 35.0 Å². The molecule has 88 heavy (non-hydrogen) atoms. The number of nitrogens with zero attached hydrogens (tertiary/aromatic N) is 5. The lowest BCUT2D eigenvalue weighted by atomic mass is 9.88. The summed E-state index contributed by atoms with van der Waals surface area (Å²) >= 11 is 4.16. The summed E-state index contributed by atoms with van der Waals surface area (Å²) in [4.78, 5) is 129. The van der Waals surface area contributed by atoms with Gasteiger partial charge in [-0.25, -0.2) is 14.5 Å². The lowest BCUT2D eigenvalue weighted by molar-refractivity contribution is -0.138. The average Bonchev–Trinajstić information content (AvgIpc) is 2.06. The summed E-state index contributed by atoms with van der Waals surface area (Å²) in [6, 6.07) is 10.4. The molecule has 0 spiro atoms. The Morgan fingerprint density at radius 1 is 0.784 bits per heavy atom. The van der Waals surface area contributed by atoms with E-state index in [0.717, 1.165) is 10.5 Å². The molecule has 5 heterocycles. The van der Waals surface area contributed by atoms with Crippen LogP contribution in [0.25, 0.3) is 0 Å². The number of aliphatic hydroxyl groups is 1. The number of hydrogen-bond donors (Lipinski definition) is 5. The number of methoxy groups -OCH3 is 2. The fraction of sp³-hybridized carbons (Fsp3) is 0.500. The molecule has 3 aromatic carbocycles. The number of ketones is 2. The van der Waals surface area contributed by atoms with Crippen molar-refractivity contribution in [1.29, 1.82) is 0 Å². The number of carbonyl (C=O) groups is 9. The van der Waals surface area contributed by atoms with Crippen LogP contribution in [0.3, 0.4) is 0 Å². The first-order valence-corrected chi connectivity index (χ1v) is 30.5. The van der Waals surface area contributed by atoms with Crippen LogP contribution in [0, 0.1) is 11.8 Å². The van der Waals surface area contributed by atoms with E-state index in [1.165, 1.54) is 36.2 Å². The largest absolute Gasteiger partial charge is 0.493 e. The Hall–Kier alpha value is -8.25. The lowest BCUT2D eigenvalue weighted by Crippen LogP contribution is -2.50. The summed E-state index contributed by atoms with van der Waals surface area (Å²) in [5.41, 5.74) is 9.14. The molecule has 3 aromatic rings. The number of imide groups is 1. The average molecular weight is 1230 g/mol. The standard InChI is InChI=1S/C64H80N8O15S/c1-37(2)44(27-43(73)14-9-7-10-21-69-57(75)32-56(88)62(69)80)58(76)68-47(15-13-20-66-63(65)81)51(74)26-40-16-18-41(19-17-40)36-87-64(82)72-49-31-55(53(84-6)29-46(49)60(78)71-35-39(4)25-50(71)61(72)79)86-23-12-8-11-22-85-54-30-48-45(28-52(54)83-5)59(77)70-34-38(3)24-42(70)33-67-48/h16-19,28-31,33,37,42,44,47,50,56,61,79,88H,3-4,7-15,20-27,32,34-36H2,1-2,5-6H3,(H,68,76)(H3,65,66,81)/t42-,44-,47-,50-,56?,61-/m0/s1. The van der Waals surface area contributed by atoms with Crippen molar-refractivity contribution < 1.29 is 71.9 Å². The number of Topliss-reactive ketones (excluding diaryl/α,β-unsaturated/α-hetero) is 2. The molecule has 472 valence electrons. The van der Waals surface area contributed by atoms with Crippen molar-refractivity contribution in [2.45, 2.75) is 140 Å². The predicted molar refractivity (Wildman–Crippen MR) is 329 cm³/mol. The maximum Gasteiger partial charge on any atom is 0.416 e. The summed E-state index contributed by atoms with van der Waals surface area (Å²) in [6.45, 7) is 13.1. The fourth-order valence-corrected chi connectivity index (χ4v) is 11.9. The van der Waals surface area contributed by atoms with Crippen LogP contribution in [0.4, 0.5) is 21.0 Å². The third kappa shape index (κ3) is 16.1. The number of rotatable bonds is 30. The van der Waals surface area contributed by atoms with Crippen LogP contribution >= 0.6 is 12.6 Å². The number of nitrogens with one attached hydrogen (secondary N) is 2. The molecule has 0 saturated carbocycles. The Bertz CT molecular complexity index is 3210. The number of hydrogen-bond acceptors (Lipinski definition) is 17. The number of amides is 8. The number of ether oxygens (including phenoxy) is 5. The SMILES string of the molecule is C=C1C[C@H]2C=Nc3cc(OCCCCCOc4cc5c(cc4OC)C(=O)N4CC(=C)C[C@H]4[C@H](O)N5C(=O)OCc4ccc(CC(=O)[C@H](CCCNC(N)=O)NC(=O)[C@@H](CC(=O)CCCCCN5C(=O)CC(S)C5=O)C(C)C)cc4)c(OC)cc3C(=O)N2C1. The highest BCUT2D eigenvalue weighted by atomic mass is 32.1. The van der Waals surface area contributed by atoms with Crippen molar-refractivity contribution in [3.63, 3.8) is 0 Å². The number of carbonyl (C=O) groups excluding carboxylic acids is 9. The number of benzene rings is 3. The first-order valence-electron chi connectivity index (χ1n) is 30.0. The second kappa shape index (κ2) is 30.1. The van der Waals surface area contributed by atoms with E-state index in [4.69, 9.17) is 29.4 Å². The fourth-order valence-electron chi connectivity index (χ4n) is 11.6. The number of nitrogens with two attached hydrogens (primary N) is 1. The first kappa shape index (κ1) is 65.7. The number of primary amides is 1. The van der Waals surface area contributed by atoms with Crippen LogP contribution in [0.15, 0.2) is 77.8 Å². The number of unbranched alkanes of at least 4 members (excludes halogenated alkanes) is 4. The molecule has 5 N–H and O–H groups in total. The van der Waals surface area contributed by atoms with Gasteiger partial charge < -0.3 is 55.0 Å². The molecular formula is C64H80N8O15S. The highest BCUT2D eigenvalue weighted by Gasteiger charge is 2.47. The van der Waals surface area contributed by atoms with Gasteiger partial charge in [0, 0.05) is 76.1 Å². The maximum atomic E-state index is 14.3. The molecule has 0 aliphatic carbocycles. The van der Waals surface area contributed by atoms with E-state index < -0.39 is 53.4 Å². The zero-order chi connectivity index (χ0) is 63.3. The molecule has 0 aromatic heterocycles. The molecule has 1 unspecified atom stereocenters. The smallest absolute Gasteiger partial charge is 0.416 e. The summed E-state index contributed by atoms with van der Waals surface area (Å²) in [5.74, 6) is -1.69. The normalized spacial score (nSPS) is 19.4. The van der Waals surface area contributed by atoms with Crippen molar-refractivity contribution in [2.24, 2.45) is 22.6 Å². The number of aliphatic hydroxyl groups excluding tert-OH is 1. The second-order valence-electron chi connectivity index (χ2n) is 23.3. The third-order valence-electron chi connectivity index (χ3n) is 16.5. The Labute approximate surface area is 517 Å². The summed E-state index contributed by atoms with van der Waals surface area (Å²) in [7, 11) is 2.95. The van der Waals surface area contributed by atoms with Crippen molar-refractivity contribution in [3.8, 4) is 23.0 Å². The summed E-state index contributed by atoms with van der Waals surface area (Å²) in [5, 5.41) is 16.7. The molecule has 3 saturated heterocycles. The van der Waals surface area contributed by atoms with Crippen molar-refractivity contribution >= 4 is 83.4 Å². The van der Waals surface area contributed by atoms with Crippen LogP contribution in [-0.2, 0) is 41.7 Å². The van der Waals surface area contributed by atoms with E-state index in [1.54, 1.807) is 47.5 Å². The zero-order valence-electron chi connectivity index (χ0n) is 50.4. The number of likely N-dealkylation sites (tertiary alicyclic amines) is 1. The predicted octanol–water partition coefficient (Wildman–Crippen LogP) is 6.96. The van der Waals surface area contributed by atoms with E-state index in [2.05, 4.69) is 41.4 Å². The quantitative estimate of drug-likeness (QED) is 0.0195. The Morgan fingerprint density at radius 3 is 2.08 bits per heavy atom. The molecule has 6 atom stereocenters. The van der Waals surface area contributed by atoms with Crippen LogP contribution in [0.1, 0.15) is 129 Å². The first-order chi connectivity index (χ1) is 42.1. The highest BCUT2D eigenvalue weighted by Crippen LogP contribution is 2.43. The van der Waals surface area contributed by atoms with Crippen molar-refractivity contribution in [3.05, 3.63) is 95.1 Å². The molecule has 8 rings (SSSR count). The molecule has 5 aliphatic rings. The number of aliphatic imine (C=N–C) groups is 1. The van der Waals surface area contributed by atoms with Gasteiger partial charge in [0.05, 0.1) is 73.3 Å². The van der Waals surface area contributed by atoms with Crippen LogP contribution < -0.4 is 40.2 Å². The minimum Gasteiger partial charge on any atom is -0.493 e.